The van der Waals surface area contributed by atoms with E-state index in [4.69, 9.17) is 5.73 Å². The maximum Gasteiger partial charge on any atom is 0.0332 e. The van der Waals surface area contributed by atoms with Crippen molar-refractivity contribution in [1.82, 2.24) is 4.90 Å². The molecule has 1 aliphatic heterocycles. The summed E-state index contributed by atoms with van der Waals surface area (Å²) in [7, 11) is 0. The molecule has 1 atom stereocenters. The molecule has 1 aliphatic carbocycles. The van der Waals surface area contributed by atoms with Gasteiger partial charge in [0.05, 0.1) is 0 Å². The summed E-state index contributed by atoms with van der Waals surface area (Å²) in [6.07, 6.45) is 6.81. The molecule has 2 nitrogen and oxygen atoms in total. The van der Waals surface area contributed by atoms with Crippen molar-refractivity contribution >= 4 is 11.8 Å². The van der Waals surface area contributed by atoms with E-state index in [1.807, 2.05) is 0 Å². The Morgan fingerprint density at radius 2 is 2.06 bits per heavy atom. The van der Waals surface area contributed by atoms with Gasteiger partial charge in [-0.2, -0.15) is 11.8 Å². The van der Waals surface area contributed by atoms with Gasteiger partial charge in [-0.15, -0.1) is 0 Å². The van der Waals surface area contributed by atoms with Crippen LogP contribution in [0.5, 0.6) is 0 Å². The van der Waals surface area contributed by atoms with E-state index in [0.29, 0.717) is 5.54 Å². The Kier molecular flexibility index (Phi) is 4.79. The highest BCUT2D eigenvalue weighted by Gasteiger charge is 2.40. The minimum Gasteiger partial charge on any atom is -0.329 e. The molecule has 0 radical (unpaired) electrons. The van der Waals surface area contributed by atoms with E-state index in [1.54, 1.807) is 0 Å². The highest BCUT2D eigenvalue weighted by Crippen LogP contribution is 2.38. The van der Waals surface area contributed by atoms with Gasteiger partial charge in [-0.05, 0) is 31.6 Å². The molecule has 2 rings (SSSR count). The molecule has 0 amide bonds. The van der Waals surface area contributed by atoms with Crippen molar-refractivity contribution in [3.63, 3.8) is 0 Å². The summed E-state index contributed by atoms with van der Waals surface area (Å²) in [5.41, 5.74) is 6.50. The first kappa shape index (κ1) is 13.7. The number of hydrogen-bond donors (Lipinski definition) is 1. The summed E-state index contributed by atoms with van der Waals surface area (Å²) >= 11 is 2.12. The predicted octanol–water partition coefficient (Wildman–Crippen LogP) is 2.72. The van der Waals surface area contributed by atoms with Crippen LogP contribution in [0.3, 0.4) is 0 Å². The zero-order valence-corrected chi connectivity index (χ0v) is 12.3. The Morgan fingerprint density at radius 3 is 2.59 bits per heavy atom. The van der Waals surface area contributed by atoms with Gasteiger partial charge in [-0.3, -0.25) is 4.90 Å². The normalized spacial score (nSPS) is 40.4. The average molecular weight is 256 g/mol. The third kappa shape index (κ3) is 2.99. The highest BCUT2D eigenvalue weighted by atomic mass is 32.2. The van der Waals surface area contributed by atoms with Crippen LogP contribution in [0.2, 0.25) is 0 Å². The first-order chi connectivity index (χ1) is 8.20. The van der Waals surface area contributed by atoms with Crippen LogP contribution < -0.4 is 5.73 Å². The minimum atomic E-state index is 0.348. The van der Waals surface area contributed by atoms with Crippen LogP contribution in [0.25, 0.3) is 0 Å². The molecule has 0 aromatic rings. The summed E-state index contributed by atoms with van der Waals surface area (Å²) in [5, 5.41) is 0.788. The monoisotopic (exact) mass is 256 g/mol. The Bertz CT molecular complexity index is 236. The van der Waals surface area contributed by atoms with Gasteiger partial charge in [-0.1, -0.05) is 20.3 Å². The second kappa shape index (κ2) is 5.94. The van der Waals surface area contributed by atoms with E-state index in [1.165, 1.54) is 50.9 Å². The Balaban J connectivity index is 1.99. The van der Waals surface area contributed by atoms with Crippen LogP contribution in [0.1, 0.15) is 46.0 Å². The molecule has 1 saturated heterocycles. The van der Waals surface area contributed by atoms with Crippen LogP contribution in [0.15, 0.2) is 0 Å². The third-order valence-electron chi connectivity index (χ3n) is 4.91. The molecule has 1 saturated carbocycles. The summed E-state index contributed by atoms with van der Waals surface area (Å²) in [4.78, 5) is 2.72. The van der Waals surface area contributed by atoms with E-state index in [2.05, 4.69) is 30.5 Å². The van der Waals surface area contributed by atoms with Crippen molar-refractivity contribution in [2.45, 2.75) is 56.7 Å². The smallest absolute Gasteiger partial charge is 0.0332 e. The third-order valence-corrected chi connectivity index (χ3v) is 6.04. The van der Waals surface area contributed by atoms with Crippen molar-refractivity contribution in [2.24, 2.45) is 11.7 Å². The van der Waals surface area contributed by atoms with Gasteiger partial charge in [0.15, 0.2) is 0 Å². The molecule has 17 heavy (non-hydrogen) atoms. The molecule has 1 unspecified atom stereocenters. The van der Waals surface area contributed by atoms with E-state index in [0.717, 1.165) is 17.7 Å². The van der Waals surface area contributed by atoms with E-state index < -0.39 is 0 Å². The fourth-order valence-corrected chi connectivity index (χ4v) is 4.54. The molecular formula is C14H28N2S. The van der Waals surface area contributed by atoms with Gasteiger partial charge in [-0.25, -0.2) is 0 Å². The lowest BCUT2D eigenvalue weighted by molar-refractivity contribution is 0.0453. The zero-order chi connectivity index (χ0) is 12.3. The summed E-state index contributed by atoms with van der Waals surface area (Å²) < 4.78 is 0. The van der Waals surface area contributed by atoms with Gasteiger partial charge >= 0.3 is 0 Å². The Morgan fingerprint density at radius 1 is 1.35 bits per heavy atom. The van der Waals surface area contributed by atoms with Crippen molar-refractivity contribution in [1.29, 1.82) is 0 Å². The van der Waals surface area contributed by atoms with Crippen LogP contribution in [0.4, 0.5) is 0 Å². The summed E-state index contributed by atoms with van der Waals surface area (Å²) in [6, 6.07) is 0. The maximum atomic E-state index is 6.15. The van der Waals surface area contributed by atoms with E-state index in [-0.39, 0.29) is 0 Å². The van der Waals surface area contributed by atoms with Crippen molar-refractivity contribution < 1.29 is 0 Å². The number of hydrogen-bond acceptors (Lipinski definition) is 3. The number of nitrogens with zero attached hydrogens (tertiary/aromatic N) is 1. The molecule has 2 fully saturated rings. The lowest BCUT2D eigenvalue weighted by Crippen LogP contribution is -2.59. The van der Waals surface area contributed by atoms with Crippen molar-refractivity contribution in [3.8, 4) is 0 Å². The molecule has 0 bridgehead atoms. The molecule has 0 aromatic heterocycles. The lowest BCUT2D eigenvalue weighted by Gasteiger charge is -2.50. The fraction of sp³-hybridized carbons (Fsp3) is 1.00. The molecule has 2 N–H and O–H groups in total. The standard InChI is InChI=1S/C14H28N2S/c1-3-13-4-6-14(11-15,7-5-13)16-8-9-17-12(2)10-16/h12-13H,3-11,15H2,1-2H3. The Labute approximate surface area is 111 Å². The highest BCUT2D eigenvalue weighted by molar-refractivity contribution is 7.99. The molecule has 0 aromatic carbocycles. The van der Waals surface area contributed by atoms with Crippen LogP contribution in [-0.4, -0.2) is 41.1 Å². The summed E-state index contributed by atoms with van der Waals surface area (Å²) in [5.74, 6) is 2.26. The molecule has 0 spiro atoms. The molecule has 2 aliphatic rings. The van der Waals surface area contributed by atoms with Crippen LogP contribution in [-0.2, 0) is 0 Å². The lowest BCUT2D eigenvalue weighted by atomic mass is 9.74. The van der Waals surface area contributed by atoms with Crippen molar-refractivity contribution in [2.75, 3.05) is 25.4 Å². The number of thioether (sulfide) groups is 1. The topological polar surface area (TPSA) is 29.3 Å². The van der Waals surface area contributed by atoms with Crippen LogP contribution >= 0.6 is 11.8 Å². The quantitative estimate of drug-likeness (QED) is 0.842. The number of nitrogens with two attached hydrogens (primary N) is 1. The predicted molar refractivity (Wildman–Crippen MR) is 77.5 cm³/mol. The Hall–Kier alpha value is 0.270. The van der Waals surface area contributed by atoms with Gasteiger partial charge in [0, 0.05) is 36.2 Å². The van der Waals surface area contributed by atoms with Gasteiger partial charge in [0.25, 0.3) is 0 Å². The summed E-state index contributed by atoms with van der Waals surface area (Å²) in [6.45, 7) is 8.06. The first-order valence-electron chi connectivity index (χ1n) is 7.27. The zero-order valence-electron chi connectivity index (χ0n) is 11.5. The molecular weight excluding hydrogens is 228 g/mol. The fourth-order valence-electron chi connectivity index (χ4n) is 3.52. The second-order valence-corrected chi connectivity index (χ2v) is 7.45. The van der Waals surface area contributed by atoms with E-state index in [9.17, 15) is 0 Å². The minimum absolute atomic E-state index is 0.348. The molecule has 100 valence electrons. The second-order valence-electron chi connectivity index (χ2n) is 5.91. The van der Waals surface area contributed by atoms with Crippen LogP contribution in [0, 0.1) is 5.92 Å². The first-order valence-corrected chi connectivity index (χ1v) is 8.32. The van der Waals surface area contributed by atoms with Gasteiger partial charge in [0.1, 0.15) is 0 Å². The molecule has 3 heteroatoms. The van der Waals surface area contributed by atoms with Crippen molar-refractivity contribution in [3.05, 3.63) is 0 Å². The molecule has 1 heterocycles. The van der Waals surface area contributed by atoms with Gasteiger partial charge < -0.3 is 5.73 Å². The number of rotatable bonds is 3. The van der Waals surface area contributed by atoms with E-state index >= 15 is 0 Å². The average Bonchev–Trinajstić information content (AvgIpc) is 2.39. The SMILES string of the molecule is CCC1CCC(CN)(N2CCSC(C)C2)CC1. The van der Waals surface area contributed by atoms with Gasteiger partial charge in [0.2, 0.25) is 0 Å². The maximum absolute atomic E-state index is 6.15. The largest absolute Gasteiger partial charge is 0.329 e.